The minimum atomic E-state index is -1.82. The van der Waals surface area contributed by atoms with Gasteiger partial charge in [-0.2, -0.15) is 12.1 Å². The summed E-state index contributed by atoms with van der Waals surface area (Å²) in [5.74, 6) is -3.65. The summed E-state index contributed by atoms with van der Waals surface area (Å²) in [6, 6.07) is 0.372. The number of carboxylic acid groups (broad SMARTS) is 2. The fourth-order valence-corrected chi connectivity index (χ4v) is 1.76. The molecule has 0 aliphatic heterocycles. The van der Waals surface area contributed by atoms with Crippen LogP contribution in [0.15, 0.2) is 0 Å². The summed E-state index contributed by atoms with van der Waals surface area (Å²) >= 11 is 0. The fraction of sp³-hybridized carbons (Fsp3) is 0.833. The minimum absolute atomic E-state index is 0. The molecule has 0 bridgehead atoms. The Bertz CT molecular complexity index is 280. The van der Waals surface area contributed by atoms with E-state index in [1.54, 1.807) is 0 Å². The molecule has 0 amide bonds. The molecule has 2 atom stereocenters. The van der Waals surface area contributed by atoms with Gasteiger partial charge in [-0.25, -0.2) is 9.59 Å². The molecule has 0 radical (unpaired) electrons. The van der Waals surface area contributed by atoms with E-state index in [4.69, 9.17) is 25.5 Å². The number of nitrogens with one attached hydrogen (secondary N) is 1. The third-order valence-electron chi connectivity index (χ3n) is 2.47. The second-order valence-corrected chi connectivity index (χ2v) is 5.37. The number of hydrogen-bond acceptors (Lipinski definition) is 2. The smallest absolute Gasteiger partial charge is 0.676 e. The van der Waals surface area contributed by atoms with E-state index < -0.39 is 11.9 Å². The largest absolute Gasteiger partial charge is 4.00 e. The maximum absolute atomic E-state index is 9.10. The molecule has 6 nitrogen and oxygen atoms in total. The summed E-state index contributed by atoms with van der Waals surface area (Å²) in [4.78, 5) is 18.2. The average molecular weight is 453 g/mol. The Morgan fingerprint density at radius 3 is 1.84 bits per heavy atom. The Labute approximate surface area is 128 Å². The maximum Gasteiger partial charge on any atom is 4.00 e. The van der Waals surface area contributed by atoms with Gasteiger partial charge >= 0.3 is 33.0 Å². The number of rotatable bonds is 1. The van der Waals surface area contributed by atoms with Gasteiger partial charge in [0.25, 0.3) is 0 Å². The molecule has 0 saturated heterocycles. The standard InChI is InChI=1S/C10H20N2.C2H2O4.Pt/c1-10(2,3)12-9-7-5-4-6-8(9)11;3-1(4)2(5)6;/h8-9,11H,4-7H2,1-3H3;(H,3,4)(H,5,6);/q-2;;+4. The van der Waals surface area contributed by atoms with Gasteiger partial charge in [0.2, 0.25) is 0 Å². The quantitative estimate of drug-likeness (QED) is 0.595. The Kier molecular flexibility index (Phi) is 10.4. The normalized spacial score (nSPS) is 22.5. The third-order valence-corrected chi connectivity index (χ3v) is 2.47. The predicted octanol–water partition coefficient (Wildman–Crippen LogP) is 2.68. The molecular weight excluding hydrogens is 431 g/mol. The van der Waals surface area contributed by atoms with Crippen LogP contribution in [0.5, 0.6) is 0 Å². The zero-order chi connectivity index (χ0) is 14.3. The van der Waals surface area contributed by atoms with Crippen LogP contribution in [0, 0.1) is 0 Å². The zero-order valence-corrected chi connectivity index (χ0v) is 13.7. The van der Waals surface area contributed by atoms with Gasteiger partial charge < -0.3 is 21.3 Å². The van der Waals surface area contributed by atoms with Gasteiger partial charge in [0.15, 0.2) is 0 Å². The topological polar surface area (TPSA) is 113 Å². The summed E-state index contributed by atoms with van der Waals surface area (Å²) in [5.41, 5.74) is 7.86. The van der Waals surface area contributed by atoms with Gasteiger partial charge in [0.1, 0.15) is 0 Å². The van der Waals surface area contributed by atoms with Crippen LogP contribution in [0.25, 0.3) is 11.1 Å². The average Bonchev–Trinajstić information content (AvgIpc) is 2.20. The molecule has 1 saturated carbocycles. The SMILES string of the molecule is CC(C)(C)[N-]C1CCCCC1[NH-].O=C(O)C(=O)O.[Pt+4]. The van der Waals surface area contributed by atoms with E-state index >= 15 is 0 Å². The predicted molar refractivity (Wildman–Crippen MR) is 68.7 cm³/mol. The van der Waals surface area contributed by atoms with E-state index in [2.05, 4.69) is 26.1 Å². The van der Waals surface area contributed by atoms with Gasteiger partial charge in [-0.1, -0.05) is 46.5 Å². The van der Waals surface area contributed by atoms with Crippen LogP contribution in [-0.4, -0.2) is 39.8 Å². The van der Waals surface area contributed by atoms with Crippen LogP contribution in [0.4, 0.5) is 0 Å². The molecule has 1 fully saturated rings. The first-order valence-electron chi connectivity index (χ1n) is 6.03. The molecule has 0 aromatic rings. The van der Waals surface area contributed by atoms with Crippen LogP contribution in [0.3, 0.4) is 0 Å². The van der Waals surface area contributed by atoms with E-state index in [1.807, 2.05) is 0 Å². The van der Waals surface area contributed by atoms with Crippen molar-refractivity contribution in [2.45, 2.75) is 64.1 Å². The second kappa shape index (κ2) is 9.45. The Morgan fingerprint density at radius 1 is 1.11 bits per heavy atom. The van der Waals surface area contributed by atoms with E-state index in [-0.39, 0.29) is 32.6 Å². The van der Waals surface area contributed by atoms with Crippen molar-refractivity contribution in [2.75, 3.05) is 0 Å². The van der Waals surface area contributed by atoms with Gasteiger partial charge in [0.05, 0.1) is 0 Å². The molecule has 19 heavy (non-hydrogen) atoms. The Hall–Kier alpha value is -0.452. The van der Waals surface area contributed by atoms with Gasteiger partial charge in [0, 0.05) is 0 Å². The van der Waals surface area contributed by atoms with Crippen LogP contribution < -0.4 is 0 Å². The van der Waals surface area contributed by atoms with Crippen molar-refractivity contribution in [1.82, 2.24) is 0 Å². The monoisotopic (exact) mass is 453 g/mol. The molecule has 0 aromatic carbocycles. The van der Waals surface area contributed by atoms with Crippen LogP contribution in [-0.2, 0) is 30.7 Å². The first-order valence-corrected chi connectivity index (χ1v) is 6.03. The number of nitrogens with zero attached hydrogens (tertiary/aromatic N) is 1. The maximum atomic E-state index is 9.10. The third kappa shape index (κ3) is 11.1. The summed E-state index contributed by atoms with van der Waals surface area (Å²) in [7, 11) is 0. The van der Waals surface area contributed by atoms with Crippen molar-refractivity contribution in [3.05, 3.63) is 11.1 Å². The van der Waals surface area contributed by atoms with E-state index in [9.17, 15) is 0 Å². The summed E-state index contributed by atoms with van der Waals surface area (Å²) in [5, 5.41) is 19.4. The number of carboxylic acids is 2. The van der Waals surface area contributed by atoms with Crippen molar-refractivity contribution in [1.29, 1.82) is 0 Å². The van der Waals surface area contributed by atoms with Gasteiger partial charge in [-0.05, 0) is 0 Å². The molecule has 0 spiro atoms. The summed E-state index contributed by atoms with van der Waals surface area (Å²) in [6.45, 7) is 6.36. The molecule has 2 unspecified atom stereocenters. The molecule has 7 heteroatoms. The number of aliphatic carboxylic acids is 2. The minimum Gasteiger partial charge on any atom is -0.676 e. The molecule has 0 aromatic heterocycles. The fourth-order valence-electron chi connectivity index (χ4n) is 1.76. The van der Waals surface area contributed by atoms with Crippen molar-refractivity contribution >= 4 is 11.9 Å². The summed E-state index contributed by atoms with van der Waals surface area (Å²) < 4.78 is 0. The molecule has 1 aliphatic rings. The second-order valence-electron chi connectivity index (χ2n) is 5.37. The zero-order valence-electron chi connectivity index (χ0n) is 11.5. The Balaban J connectivity index is 0. The van der Waals surface area contributed by atoms with Crippen molar-refractivity contribution in [3.63, 3.8) is 0 Å². The van der Waals surface area contributed by atoms with Crippen LogP contribution in [0.2, 0.25) is 0 Å². The van der Waals surface area contributed by atoms with Crippen molar-refractivity contribution < 1.29 is 40.9 Å². The first kappa shape index (κ1) is 20.9. The molecule has 1 aliphatic carbocycles. The molecule has 1 rings (SSSR count). The van der Waals surface area contributed by atoms with Crippen LogP contribution >= 0.6 is 0 Å². The molecule has 3 N–H and O–H groups in total. The van der Waals surface area contributed by atoms with Crippen molar-refractivity contribution in [3.8, 4) is 0 Å². The first-order chi connectivity index (χ1) is 8.13. The van der Waals surface area contributed by atoms with Crippen molar-refractivity contribution in [2.24, 2.45) is 0 Å². The number of hydrogen-bond donors (Lipinski definition) is 2. The molecule has 0 heterocycles. The van der Waals surface area contributed by atoms with E-state index in [1.165, 1.54) is 12.8 Å². The van der Waals surface area contributed by atoms with Gasteiger partial charge in [-0.15, -0.1) is 5.54 Å². The summed E-state index contributed by atoms with van der Waals surface area (Å²) in [6.07, 6.45) is 4.67. The van der Waals surface area contributed by atoms with E-state index in [0.29, 0.717) is 6.04 Å². The molecule has 112 valence electrons. The van der Waals surface area contributed by atoms with E-state index in [0.717, 1.165) is 12.8 Å². The van der Waals surface area contributed by atoms with Crippen LogP contribution in [0.1, 0.15) is 46.5 Å². The van der Waals surface area contributed by atoms with Gasteiger partial charge in [-0.3, -0.25) is 0 Å². The number of carbonyl (C=O) groups is 2. The molecular formula is C12H22N2O4Pt+2. The Morgan fingerprint density at radius 2 is 1.53 bits per heavy atom.